The highest BCUT2D eigenvalue weighted by Gasteiger charge is 2.34. The van der Waals surface area contributed by atoms with Gasteiger partial charge in [0.1, 0.15) is 31.1 Å². The number of aromatic nitrogens is 2. The molecule has 2 aromatic carbocycles. The van der Waals surface area contributed by atoms with Crippen LogP contribution >= 0.6 is 11.6 Å². The average molecular weight is 573 g/mol. The summed E-state index contributed by atoms with van der Waals surface area (Å²) in [7, 11) is 0. The Kier molecular flexibility index (Phi) is 7.61. The van der Waals surface area contributed by atoms with Gasteiger partial charge in [-0.25, -0.2) is 14.4 Å². The SMILES string of the molecule is CC(C)(C)OC(=O)N1CC[C@H](n2nc(-c3cc(Cl)c(NC(=O)OCc4ccccc4)c4c3OCCO4)oc2=O)C1. The van der Waals surface area contributed by atoms with Gasteiger partial charge in [-0.2, -0.15) is 4.68 Å². The molecule has 2 aliphatic heterocycles. The number of fused-ring (bicyclic) bond motifs is 1. The first-order valence-corrected chi connectivity index (χ1v) is 13.1. The lowest BCUT2D eigenvalue weighted by molar-refractivity contribution is 0.0288. The molecule has 40 heavy (non-hydrogen) atoms. The number of amides is 2. The molecule has 0 aliphatic carbocycles. The number of rotatable bonds is 5. The second kappa shape index (κ2) is 11.1. The molecule has 1 fully saturated rings. The molecule has 0 bridgehead atoms. The van der Waals surface area contributed by atoms with Gasteiger partial charge in [0.15, 0.2) is 11.5 Å². The Bertz CT molecular complexity index is 1460. The second-order valence-electron chi connectivity index (χ2n) is 10.3. The predicted octanol–water partition coefficient (Wildman–Crippen LogP) is 4.86. The molecule has 0 unspecified atom stereocenters. The van der Waals surface area contributed by atoms with E-state index in [1.54, 1.807) is 20.8 Å². The van der Waals surface area contributed by atoms with Gasteiger partial charge in [0.05, 0.1) is 16.6 Å². The number of hydrogen-bond acceptors (Lipinski definition) is 9. The highest BCUT2D eigenvalue weighted by Crippen LogP contribution is 2.48. The summed E-state index contributed by atoms with van der Waals surface area (Å²) in [6.45, 7) is 6.52. The number of ether oxygens (including phenoxy) is 4. The largest absolute Gasteiger partial charge is 0.485 e. The Balaban J connectivity index is 1.36. The number of hydrogen-bond donors (Lipinski definition) is 1. The van der Waals surface area contributed by atoms with Crippen molar-refractivity contribution in [2.24, 2.45) is 0 Å². The predicted molar refractivity (Wildman–Crippen MR) is 144 cm³/mol. The fraction of sp³-hybridized carbons (Fsp3) is 0.407. The number of benzene rings is 2. The molecule has 13 heteroatoms. The van der Waals surface area contributed by atoms with Gasteiger partial charge in [0.2, 0.25) is 0 Å². The van der Waals surface area contributed by atoms with Crippen molar-refractivity contribution in [2.45, 2.75) is 45.4 Å². The van der Waals surface area contributed by atoms with Gasteiger partial charge in [0.25, 0.3) is 5.89 Å². The molecule has 1 N–H and O–H groups in total. The van der Waals surface area contributed by atoms with E-state index in [1.165, 1.54) is 15.6 Å². The lowest BCUT2D eigenvalue weighted by Crippen LogP contribution is -2.36. The van der Waals surface area contributed by atoms with Crippen LogP contribution in [0.15, 0.2) is 45.6 Å². The summed E-state index contributed by atoms with van der Waals surface area (Å²) in [6, 6.07) is 10.3. The van der Waals surface area contributed by atoms with Crippen molar-refractivity contribution in [1.29, 1.82) is 0 Å². The quantitative estimate of drug-likeness (QED) is 0.455. The molecule has 1 aromatic heterocycles. The maximum atomic E-state index is 12.8. The Morgan fingerprint density at radius 1 is 1.15 bits per heavy atom. The van der Waals surface area contributed by atoms with Crippen molar-refractivity contribution < 1.29 is 33.0 Å². The van der Waals surface area contributed by atoms with Crippen LogP contribution in [0.4, 0.5) is 15.3 Å². The molecule has 5 rings (SSSR count). The topological polar surface area (TPSA) is 134 Å². The van der Waals surface area contributed by atoms with Crippen LogP contribution in [0.5, 0.6) is 11.5 Å². The Morgan fingerprint density at radius 2 is 1.88 bits per heavy atom. The van der Waals surface area contributed by atoms with Gasteiger partial charge in [-0.1, -0.05) is 41.9 Å². The number of halogens is 1. The van der Waals surface area contributed by atoms with Crippen LogP contribution in [0.2, 0.25) is 5.02 Å². The van der Waals surface area contributed by atoms with Gasteiger partial charge in [0, 0.05) is 13.1 Å². The van der Waals surface area contributed by atoms with E-state index < -0.39 is 29.6 Å². The first-order valence-electron chi connectivity index (χ1n) is 12.8. The van der Waals surface area contributed by atoms with Crippen molar-refractivity contribution in [1.82, 2.24) is 14.7 Å². The van der Waals surface area contributed by atoms with E-state index in [1.807, 2.05) is 30.3 Å². The maximum absolute atomic E-state index is 12.8. The van der Waals surface area contributed by atoms with Crippen LogP contribution in [0.1, 0.15) is 38.8 Å². The van der Waals surface area contributed by atoms with Crippen LogP contribution in [-0.2, 0) is 16.1 Å². The molecule has 1 saturated heterocycles. The standard InChI is InChI=1S/C27H29ClN4O8/c1-27(2,3)40-25(34)31-10-9-17(14-31)32-26(35)39-23(30-32)18-13-19(28)20(22-21(18)36-11-12-37-22)29-24(33)38-15-16-7-5-4-6-8-16/h4-8,13,17H,9-12,14-15H2,1-3H3,(H,29,33)/t17-/m0/s1. The number of nitrogens with one attached hydrogen (secondary N) is 1. The molecule has 0 spiro atoms. The van der Waals surface area contributed by atoms with Crippen LogP contribution in [0, 0.1) is 0 Å². The van der Waals surface area contributed by atoms with Gasteiger partial charge >= 0.3 is 17.9 Å². The third-order valence-electron chi connectivity index (χ3n) is 6.16. The zero-order chi connectivity index (χ0) is 28.4. The molecule has 2 aliphatic rings. The summed E-state index contributed by atoms with van der Waals surface area (Å²) >= 11 is 6.54. The molecule has 0 radical (unpaired) electrons. The first kappa shape index (κ1) is 27.4. The zero-order valence-electron chi connectivity index (χ0n) is 22.3. The summed E-state index contributed by atoms with van der Waals surface area (Å²) in [5.41, 5.74) is 0.625. The summed E-state index contributed by atoms with van der Waals surface area (Å²) < 4.78 is 29.0. The molecule has 1 atom stereocenters. The summed E-state index contributed by atoms with van der Waals surface area (Å²) in [4.78, 5) is 39.3. The van der Waals surface area contributed by atoms with E-state index in [-0.39, 0.29) is 60.0 Å². The number of likely N-dealkylation sites (tertiary alicyclic amines) is 1. The van der Waals surface area contributed by atoms with Crippen molar-refractivity contribution in [3.05, 3.63) is 57.5 Å². The Hall–Kier alpha value is -4.19. The summed E-state index contributed by atoms with van der Waals surface area (Å²) in [6.07, 6.45) is -0.692. The molecule has 3 heterocycles. The van der Waals surface area contributed by atoms with E-state index in [2.05, 4.69) is 10.4 Å². The monoisotopic (exact) mass is 572 g/mol. The van der Waals surface area contributed by atoms with Crippen molar-refractivity contribution >= 4 is 29.5 Å². The van der Waals surface area contributed by atoms with Gasteiger partial charge < -0.3 is 28.3 Å². The van der Waals surface area contributed by atoms with E-state index in [0.717, 1.165) is 5.56 Å². The molecule has 12 nitrogen and oxygen atoms in total. The minimum Gasteiger partial charge on any atom is -0.485 e. The normalized spacial score (nSPS) is 16.5. The molecule has 2 amide bonds. The van der Waals surface area contributed by atoms with Gasteiger partial charge in [-0.05, 0) is 38.8 Å². The third-order valence-corrected chi connectivity index (χ3v) is 6.46. The fourth-order valence-electron chi connectivity index (χ4n) is 4.38. The highest BCUT2D eigenvalue weighted by molar-refractivity contribution is 6.34. The van der Waals surface area contributed by atoms with E-state index in [4.69, 9.17) is 35.0 Å². The van der Waals surface area contributed by atoms with Crippen LogP contribution < -0.4 is 20.5 Å². The maximum Gasteiger partial charge on any atom is 0.437 e. The third kappa shape index (κ3) is 6.01. The fourth-order valence-corrected chi connectivity index (χ4v) is 4.62. The van der Waals surface area contributed by atoms with E-state index >= 15 is 0 Å². The number of carbonyl (C=O) groups is 2. The van der Waals surface area contributed by atoms with Gasteiger partial charge in [-0.3, -0.25) is 5.32 Å². The van der Waals surface area contributed by atoms with E-state index in [9.17, 15) is 14.4 Å². The molecular formula is C27H29ClN4O8. The minimum atomic E-state index is -0.735. The van der Waals surface area contributed by atoms with Crippen LogP contribution in [-0.4, -0.2) is 58.8 Å². The molecule has 212 valence electrons. The number of anilines is 1. The van der Waals surface area contributed by atoms with Crippen molar-refractivity contribution in [2.75, 3.05) is 31.6 Å². The summed E-state index contributed by atoms with van der Waals surface area (Å²) in [5, 5.41) is 7.10. The van der Waals surface area contributed by atoms with E-state index in [0.29, 0.717) is 13.0 Å². The van der Waals surface area contributed by atoms with Gasteiger partial charge in [-0.15, -0.1) is 5.10 Å². The van der Waals surface area contributed by atoms with Crippen LogP contribution in [0.3, 0.4) is 0 Å². The second-order valence-corrected chi connectivity index (χ2v) is 10.7. The highest BCUT2D eigenvalue weighted by atomic mass is 35.5. The van der Waals surface area contributed by atoms with Crippen LogP contribution in [0.25, 0.3) is 11.5 Å². The zero-order valence-corrected chi connectivity index (χ0v) is 23.0. The minimum absolute atomic E-state index is 0.0393. The average Bonchev–Trinajstić information content (AvgIpc) is 3.55. The summed E-state index contributed by atoms with van der Waals surface area (Å²) in [5.74, 6) is -0.356. The lowest BCUT2D eigenvalue weighted by atomic mass is 10.1. The first-order chi connectivity index (χ1) is 19.1. The Morgan fingerprint density at radius 3 is 2.60 bits per heavy atom. The smallest absolute Gasteiger partial charge is 0.437 e. The lowest BCUT2D eigenvalue weighted by Gasteiger charge is -2.24. The van der Waals surface area contributed by atoms with Crippen molar-refractivity contribution in [3.63, 3.8) is 0 Å². The number of nitrogens with zero attached hydrogens (tertiary/aromatic N) is 3. The van der Waals surface area contributed by atoms with Crippen molar-refractivity contribution in [3.8, 4) is 23.0 Å². The number of carbonyl (C=O) groups excluding carboxylic acids is 2. The molecule has 3 aromatic rings. The molecule has 0 saturated carbocycles. The molecular weight excluding hydrogens is 544 g/mol. The Labute approximate surface area is 234 Å².